The van der Waals surface area contributed by atoms with Crippen LogP contribution in [0.2, 0.25) is 0 Å². The summed E-state index contributed by atoms with van der Waals surface area (Å²) in [7, 11) is 2.14. The van der Waals surface area contributed by atoms with Gasteiger partial charge in [0.1, 0.15) is 6.04 Å². The molecule has 3 N–H and O–H groups in total. The number of amides is 3. The molecule has 4 rings (SSSR count). The Hall–Kier alpha value is -2.29. The number of piperazine rings is 1. The number of rotatable bonds is 5. The summed E-state index contributed by atoms with van der Waals surface area (Å²) < 4.78 is 0. The summed E-state index contributed by atoms with van der Waals surface area (Å²) in [6, 6.07) is 5.91. The number of hydrogen-bond acceptors (Lipinski definition) is 6. The van der Waals surface area contributed by atoms with Gasteiger partial charge in [-0.15, -0.1) is 0 Å². The van der Waals surface area contributed by atoms with Gasteiger partial charge in [-0.25, -0.2) is 0 Å². The lowest BCUT2D eigenvalue weighted by Gasteiger charge is -2.40. The molecule has 1 aromatic carbocycles. The molecule has 8 nitrogen and oxygen atoms in total. The molecule has 0 bridgehead atoms. The second-order valence-corrected chi connectivity index (χ2v) is 8.36. The zero-order chi connectivity index (χ0) is 20.5. The second-order valence-electron chi connectivity index (χ2n) is 8.36. The summed E-state index contributed by atoms with van der Waals surface area (Å²) in [6.07, 6.45) is 1.62. The number of carbonyl (C=O) groups is 3. The minimum atomic E-state index is -0.567. The van der Waals surface area contributed by atoms with Crippen molar-refractivity contribution in [1.82, 2.24) is 20.0 Å². The molecule has 0 radical (unpaired) electrons. The topological polar surface area (TPSA) is 99.0 Å². The number of carbonyl (C=O) groups excluding carboxylic acids is 3. The minimum absolute atomic E-state index is 0.117. The van der Waals surface area contributed by atoms with E-state index < -0.39 is 6.04 Å². The zero-order valence-corrected chi connectivity index (χ0v) is 16.9. The third kappa shape index (κ3) is 4.05. The molecule has 0 spiro atoms. The molecule has 0 saturated carbocycles. The molecule has 1 aromatic rings. The van der Waals surface area contributed by atoms with Crippen molar-refractivity contribution in [3.8, 4) is 0 Å². The SMILES string of the molecule is CN1CCN(Cc2ccc3c(c2)C(=O)N(C2CCC(=O)NC2=O)C3)C(CCN)C1. The van der Waals surface area contributed by atoms with Gasteiger partial charge in [0.05, 0.1) is 0 Å². The summed E-state index contributed by atoms with van der Waals surface area (Å²) in [5.74, 6) is -0.755. The molecule has 2 unspecified atom stereocenters. The van der Waals surface area contributed by atoms with E-state index in [2.05, 4.69) is 28.2 Å². The Morgan fingerprint density at radius 2 is 2.03 bits per heavy atom. The van der Waals surface area contributed by atoms with Crippen molar-refractivity contribution in [3.63, 3.8) is 0 Å². The third-order valence-electron chi connectivity index (χ3n) is 6.29. The molecule has 8 heteroatoms. The van der Waals surface area contributed by atoms with Crippen LogP contribution in [-0.4, -0.2) is 77.7 Å². The minimum Gasteiger partial charge on any atom is -0.330 e. The van der Waals surface area contributed by atoms with Gasteiger partial charge in [-0.2, -0.15) is 0 Å². The average Bonchev–Trinajstić information content (AvgIpc) is 3.00. The van der Waals surface area contributed by atoms with Crippen molar-refractivity contribution in [2.75, 3.05) is 33.2 Å². The summed E-state index contributed by atoms with van der Waals surface area (Å²) in [5, 5.41) is 2.35. The van der Waals surface area contributed by atoms with Crippen molar-refractivity contribution < 1.29 is 14.4 Å². The molecule has 3 heterocycles. The Morgan fingerprint density at radius 1 is 1.21 bits per heavy atom. The Labute approximate surface area is 171 Å². The normalized spacial score (nSPS) is 26.0. The highest BCUT2D eigenvalue weighted by Crippen LogP contribution is 2.29. The maximum Gasteiger partial charge on any atom is 0.255 e. The molecule has 3 amide bonds. The maximum absolute atomic E-state index is 13.0. The summed E-state index contributed by atoms with van der Waals surface area (Å²) in [6.45, 7) is 4.88. The standard InChI is InChI=1S/C21H29N5O3/c1-24-8-9-25(16(13-24)6-7-22)11-14-2-3-15-12-26(21(29)17(15)10-14)18-4-5-19(27)23-20(18)28/h2-3,10,16,18H,4-9,11-13,22H2,1H3,(H,23,27,28). The molecule has 3 aliphatic heterocycles. The van der Waals surface area contributed by atoms with E-state index in [1.165, 1.54) is 0 Å². The highest BCUT2D eigenvalue weighted by molar-refractivity contribution is 6.05. The van der Waals surface area contributed by atoms with Crippen molar-refractivity contribution in [2.45, 2.75) is 44.4 Å². The number of nitrogens with two attached hydrogens (primary N) is 1. The van der Waals surface area contributed by atoms with Gasteiger partial charge in [-0.3, -0.25) is 24.6 Å². The van der Waals surface area contributed by atoms with Gasteiger partial charge in [0.15, 0.2) is 0 Å². The lowest BCUT2D eigenvalue weighted by Crippen LogP contribution is -2.52. The fourth-order valence-electron chi connectivity index (χ4n) is 4.66. The van der Waals surface area contributed by atoms with Crippen LogP contribution in [0.5, 0.6) is 0 Å². The van der Waals surface area contributed by atoms with Crippen LogP contribution in [0.4, 0.5) is 0 Å². The largest absolute Gasteiger partial charge is 0.330 e. The number of imide groups is 1. The van der Waals surface area contributed by atoms with Crippen molar-refractivity contribution >= 4 is 17.7 Å². The first kappa shape index (κ1) is 20.0. The van der Waals surface area contributed by atoms with Gasteiger partial charge in [0.2, 0.25) is 11.8 Å². The predicted octanol–water partition coefficient (Wildman–Crippen LogP) is -0.0876. The van der Waals surface area contributed by atoms with Crippen molar-refractivity contribution in [2.24, 2.45) is 5.73 Å². The van der Waals surface area contributed by atoms with Crippen LogP contribution in [0.25, 0.3) is 0 Å². The zero-order valence-electron chi connectivity index (χ0n) is 16.9. The quantitative estimate of drug-likeness (QED) is 0.672. The molecule has 2 atom stereocenters. The van der Waals surface area contributed by atoms with Crippen LogP contribution in [0.3, 0.4) is 0 Å². The number of likely N-dealkylation sites (N-methyl/N-ethyl adjacent to an activating group) is 1. The van der Waals surface area contributed by atoms with E-state index in [9.17, 15) is 14.4 Å². The van der Waals surface area contributed by atoms with Gasteiger partial charge >= 0.3 is 0 Å². The molecule has 29 heavy (non-hydrogen) atoms. The van der Waals surface area contributed by atoms with Crippen LogP contribution in [-0.2, 0) is 22.7 Å². The van der Waals surface area contributed by atoms with Crippen LogP contribution in [0, 0.1) is 0 Å². The van der Waals surface area contributed by atoms with Crippen molar-refractivity contribution in [3.05, 3.63) is 34.9 Å². The molecule has 0 aromatic heterocycles. The number of piperidine rings is 1. The second kappa shape index (κ2) is 8.22. The number of nitrogens with one attached hydrogen (secondary N) is 1. The Kier molecular flexibility index (Phi) is 5.67. The molecular formula is C21H29N5O3. The summed E-state index contributed by atoms with van der Waals surface area (Å²) in [5.41, 5.74) is 8.54. The highest BCUT2D eigenvalue weighted by Gasteiger charge is 2.39. The fraction of sp³-hybridized carbons (Fsp3) is 0.571. The van der Waals surface area contributed by atoms with Gasteiger partial charge in [-0.1, -0.05) is 12.1 Å². The molecule has 0 aliphatic carbocycles. The van der Waals surface area contributed by atoms with E-state index in [1.807, 2.05) is 12.1 Å². The molecule has 3 aliphatic rings. The Bertz CT molecular complexity index is 827. The molecule has 2 fully saturated rings. The lowest BCUT2D eigenvalue weighted by atomic mass is 10.0. The van der Waals surface area contributed by atoms with Gasteiger partial charge in [0.25, 0.3) is 5.91 Å². The molecule has 156 valence electrons. The van der Waals surface area contributed by atoms with Crippen LogP contribution in [0.1, 0.15) is 40.7 Å². The Balaban J connectivity index is 1.48. The number of benzene rings is 1. The van der Waals surface area contributed by atoms with Gasteiger partial charge in [0, 0.05) is 50.7 Å². The highest BCUT2D eigenvalue weighted by atomic mass is 16.2. The van der Waals surface area contributed by atoms with E-state index in [-0.39, 0.29) is 24.1 Å². The number of hydrogen-bond donors (Lipinski definition) is 2. The van der Waals surface area contributed by atoms with E-state index in [1.54, 1.807) is 4.90 Å². The fourth-order valence-corrected chi connectivity index (χ4v) is 4.66. The monoisotopic (exact) mass is 399 g/mol. The predicted molar refractivity (Wildman–Crippen MR) is 108 cm³/mol. The first-order valence-corrected chi connectivity index (χ1v) is 10.4. The lowest BCUT2D eigenvalue weighted by molar-refractivity contribution is -0.136. The van der Waals surface area contributed by atoms with Gasteiger partial charge < -0.3 is 15.5 Å². The van der Waals surface area contributed by atoms with Gasteiger partial charge in [-0.05, 0) is 43.6 Å². The van der Waals surface area contributed by atoms with E-state index in [0.717, 1.165) is 43.7 Å². The smallest absolute Gasteiger partial charge is 0.255 e. The van der Waals surface area contributed by atoms with Crippen LogP contribution in [0.15, 0.2) is 18.2 Å². The third-order valence-corrected chi connectivity index (χ3v) is 6.29. The Morgan fingerprint density at radius 3 is 2.79 bits per heavy atom. The first-order valence-electron chi connectivity index (χ1n) is 10.4. The van der Waals surface area contributed by atoms with Crippen molar-refractivity contribution in [1.29, 1.82) is 0 Å². The number of fused-ring (bicyclic) bond motifs is 1. The van der Waals surface area contributed by atoms with Crippen LogP contribution >= 0.6 is 0 Å². The number of nitrogens with zero attached hydrogens (tertiary/aromatic N) is 3. The summed E-state index contributed by atoms with van der Waals surface area (Å²) in [4.78, 5) is 43.0. The average molecular weight is 399 g/mol. The maximum atomic E-state index is 13.0. The molecular weight excluding hydrogens is 370 g/mol. The van der Waals surface area contributed by atoms with E-state index in [0.29, 0.717) is 31.1 Å². The van der Waals surface area contributed by atoms with Crippen LogP contribution < -0.4 is 11.1 Å². The van der Waals surface area contributed by atoms with E-state index >= 15 is 0 Å². The summed E-state index contributed by atoms with van der Waals surface area (Å²) >= 11 is 0. The molecule has 2 saturated heterocycles. The first-order chi connectivity index (χ1) is 14.0. The van der Waals surface area contributed by atoms with E-state index in [4.69, 9.17) is 5.73 Å².